The number of benzene rings is 1. The van der Waals surface area contributed by atoms with Crippen LogP contribution in [0.3, 0.4) is 0 Å². The van der Waals surface area contributed by atoms with Crippen molar-refractivity contribution in [2.45, 2.75) is 25.7 Å². The van der Waals surface area contributed by atoms with Crippen molar-refractivity contribution < 1.29 is 14.3 Å². The third-order valence-corrected chi connectivity index (χ3v) is 6.21. The van der Waals surface area contributed by atoms with E-state index in [2.05, 4.69) is 21.8 Å². The topological polar surface area (TPSA) is 108 Å². The highest BCUT2D eigenvalue weighted by molar-refractivity contribution is 5.93. The molecule has 1 aliphatic heterocycles. The number of amides is 1. The summed E-state index contributed by atoms with van der Waals surface area (Å²) in [6.45, 7) is 2.95. The summed E-state index contributed by atoms with van der Waals surface area (Å²) in [6, 6.07) is 13.0. The minimum absolute atomic E-state index is 0.0775. The van der Waals surface area contributed by atoms with Gasteiger partial charge in [0.05, 0.1) is 18.3 Å². The zero-order valence-electron chi connectivity index (χ0n) is 20.1. The van der Waals surface area contributed by atoms with E-state index >= 15 is 0 Å². The molecule has 5 rings (SSSR count). The average Bonchev–Trinajstić information content (AvgIpc) is 3.30. The fraction of sp³-hybridized carbons (Fsp3) is 0.259. The SMILES string of the molecule is CC#CC(=O)N1CCCC(c2nc(-c3ccc(Oc4cc(OC)ccn4)cc3)n3c(N)nccc23)C1. The van der Waals surface area contributed by atoms with Crippen molar-refractivity contribution in [3.05, 3.63) is 60.6 Å². The Morgan fingerprint density at radius 3 is 2.69 bits per heavy atom. The van der Waals surface area contributed by atoms with Crippen molar-refractivity contribution in [1.82, 2.24) is 24.3 Å². The first-order chi connectivity index (χ1) is 17.6. The number of imidazole rings is 1. The summed E-state index contributed by atoms with van der Waals surface area (Å²) < 4.78 is 13.0. The zero-order chi connectivity index (χ0) is 25.1. The lowest BCUT2D eigenvalue weighted by Gasteiger charge is -2.30. The molecule has 3 aromatic heterocycles. The van der Waals surface area contributed by atoms with Gasteiger partial charge in [-0.25, -0.2) is 15.0 Å². The first-order valence-corrected chi connectivity index (χ1v) is 11.7. The second-order valence-corrected chi connectivity index (χ2v) is 8.47. The van der Waals surface area contributed by atoms with E-state index in [4.69, 9.17) is 20.2 Å². The van der Waals surface area contributed by atoms with Gasteiger partial charge in [0.1, 0.15) is 17.3 Å². The Bertz CT molecular complexity index is 1470. The van der Waals surface area contributed by atoms with Crippen LogP contribution < -0.4 is 15.2 Å². The van der Waals surface area contributed by atoms with E-state index in [1.807, 2.05) is 34.7 Å². The van der Waals surface area contributed by atoms with Crippen molar-refractivity contribution in [3.8, 4) is 40.6 Å². The van der Waals surface area contributed by atoms with Gasteiger partial charge in [-0.1, -0.05) is 5.92 Å². The summed E-state index contributed by atoms with van der Waals surface area (Å²) in [6.07, 6.45) is 5.14. The second kappa shape index (κ2) is 9.96. The summed E-state index contributed by atoms with van der Waals surface area (Å²) in [5.74, 6) is 8.06. The summed E-state index contributed by atoms with van der Waals surface area (Å²) in [4.78, 5) is 27.7. The van der Waals surface area contributed by atoms with E-state index in [0.717, 1.165) is 29.6 Å². The normalized spacial score (nSPS) is 15.3. The Labute approximate surface area is 208 Å². The number of ether oxygens (including phenoxy) is 2. The van der Waals surface area contributed by atoms with Crippen LogP contribution >= 0.6 is 0 Å². The van der Waals surface area contributed by atoms with Gasteiger partial charge in [-0.05, 0) is 62.1 Å². The number of anilines is 1. The van der Waals surface area contributed by atoms with Gasteiger partial charge in [0.2, 0.25) is 11.8 Å². The lowest BCUT2D eigenvalue weighted by molar-refractivity contribution is -0.126. The summed E-state index contributed by atoms with van der Waals surface area (Å²) >= 11 is 0. The summed E-state index contributed by atoms with van der Waals surface area (Å²) in [7, 11) is 1.60. The van der Waals surface area contributed by atoms with Gasteiger partial charge in [-0.3, -0.25) is 9.20 Å². The molecule has 1 unspecified atom stereocenters. The molecule has 0 bridgehead atoms. The molecule has 0 aliphatic carbocycles. The molecule has 1 aliphatic rings. The molecule has 4 aromatic rings. The van der Waals surface area contributed by atoms with Crippen LogP contribution in [0.5, 0.6) is 17.4 Å². The molecule has 9 heteroatoms. The third kappa shape index (κ3) is 4.53. The van der Waals surface area contributed by atoms with E-state index < -0.39 is 0 Å². The molecule has 1 aromatic carbocycles. The first-order valence-electron chi connectivity index (χ1n) is 11.7. The number of fused-ring (bicyclic) bond motifs is 1. The fourth-order valence-electron chi connectivity index (χ4n) is 4.52. The number of pyridine rings is 1. The Kier molecular flexibility index (Phi) is 6.41. The van der Waals surface area contributed by atoms with Crippen LogP contribution in [0.4, 0.5) is 5.95 Å². The minimum atomic E-state index is -0.145. The molecule has 182 valence electrons. The van der Waals surface area contributed by atoms with Gasteiger partial charge in [0.25, 0.3) is 5.91 Å². The Morgan fingerprint density at radius 2 is 1.92 bits per heavy atom. The van der Waals surface area contributed by atoms with Crippen molar-refractivity contribution in [2.24, 2.45) is 0 Å². The molecule has 36 heavy (non-hydrogen) atoms. The van der Waals surface area contributed by atoms with Crippen LogP contribution in [-0.2, 0) is 4.79 Å². The maximum absolute atomic E-state index is 12.4. The van der Waals surface area contributed by atoms with Crippen molar-refractivity contribution >= 4 is 17.4 Å². The van der Waals surface area contributed by atoms with E-state index in [1.54, 1.807) is 43.5 Å². The van der Waals surface area contributed by atoms with Crippen LogP contribution in [-0.4, -0.2) is 50.4 Å². The second-order valence-electron chi connectivity index (χ2n) is 8.47. The Balaban J connectivity index is 1.47. The minimum Gasteiger partial charge on any atom is -0.497 e. The number of carbonyl (C=O) groups is 1. The van der Waals surface area contributed by atoms with Gasteiger partial charge in [0.15, 0.2) is 0 Å². The number of nitrogen functional groups attached to an aromatic ring is 1. The Hall–Kier alpha value is -4.58. The molecule has 4 heterocycles. The lowest BCUT2D eigenvalue weighted by Crippen LogP contribution is -2.38. The van der Waals surface area contributed by atoms with Gasteiger partial charge >= 0.3 is 0 Å². The van der Waals surface area contributed by atoms with Crippen LogP contribution in [0, 0.1) is 11.8 Å². The van der Waals surface area contributed by atoms with Gasteiger partial charge in [-0.2, -0.15) is 0 Å². The predicted octanol–water partition coefficient (Wildman–Crippen LogP) is 3.90. The molecule has 0 saturated carbocycles. The van der Waals surface area contributed by atoms with E-state index in [0.29, 0.717) is 42.2 Å². The first kappa shape index (κ1) is 23.2. The predicted molar refractivity (Wildman–Crippen MR) is 136 cm³/mol. The number of nitrogens with zero attached hydrogens (tertiary/aromatic N) is 5. The van der Waals surface area contributed by atoms with Gasteiger partial charge < -0.3 is 20.1 Å². The maximum Gasteiger partial charge on any atom is 0.298 e. The lowest BCUT2D eigenvalue weighted by atomic mass is 9.94. The number of likely N-dealkylation sites (tertiary alicyclic amines) is 1. The standard InChI is InChI=1S/C27H26N6O3/c1-3-5-24(34)32-15-4-6-19(17-32)25-22-12-14-30-27(28)33(22)26(31-25)18-7-9-20(10-8-18)36-23-16-21(35-2)11-13-29-23/h7-14,16,19H,4,6,15,17H2,1-2H3,(H2,28,30). The fourth-order valence-corrected chi connectivity index (χ4v) is 4.52. The number of hydrogen-bond donors (Lipinski definition) is 1. The number of nitrogens with two attached hydrogens (primary N) is 1. The molecule has 0 radical (unpaired) electrons. The number of hydrogen-bond acceptors (Lipinski definition) is 7. The molecule has 1 amide bonds. The van der Waals surface area contributed by atoms with Crippen LogP contribution in [0.25, 0.3) is 16.9 Å². The van der Waals surface area contributed by atoms with Crippen molar-refractivity contribution in [1.29, 1.82) is 0 Å². The number of rotatable bonds is 5. The highest BCUT2D eigenvalue weighted by Crippen LogP contribution is 2.34. The average molecular weight is 483 g/mol. The smallest absolute Gasteiger partial charge is 0.298 e. The molecule has 9 nitrogen and oxygen atoms in total. The monoisotopic (exact) mass is 482 g/mol. The molecule has 0 spiro atoms. The largest absolute Gasteiger partial charge is 0.497 e. The number of carbonyl (C=O) groups excluding carboxylic acids is 1. The summed E-state index contributed by atoms with van der Waals surface area (Å²) in [5, 5.41) is 0. The molecular formula is C27H26N6O3. The third-order valence-electron chi connectivity index (χ3n) is 6.21. The quantitative estimate of drug-likeness (QED) is 0.430. The number of methoxy groups -OCH3 is 1. The maximum atomic E-state index is 12.4. The Morgan fingerprint density at radius 1 is 1.11 bits per heavy atom. The number of aromatic nitrogens is 4. The van der Waals surface area contributed by atoms with Crippen molar-refractivity contribution in [2.75, 3.05) is 25.9 Å². The van der Waals surface area contributed by atoms with Gasteiger partial charge in [-0.15, -0.1) is 0 Å². The van der Waals surface area contributed by atoms with E-state index in [1.165, 1.54) is 0 Å². The molecule has 1 saturated heterocycles. The van der Waals surface area contributed by atoms with Gasteiger partial charge in [0, 0.05) is 43.0 Å². The highest BCUT2D eigenvalue weighted by Gasteiger charge is 2.28. The summed E-state index contributed by atoms with van der Waals surface area (Å²) in [5.41, 5.74) is 8.95. The zero-order valence-corrected chi connectivity index (χ0v) is 20.1. The molecule has 1 fully saturated rings. The highest BCUT2D eigenvalue weighted by atomic mass is 16.5. The van der Waals surface area contributed by atoms with E-state index in [9.17, 15) is 4.79 Å². The van der Waals surface area contributed by atoms with Crippen LogP contribution in [0.15, 0.2) is 54.9 Å². The van der Waals surface area contributed by atoms with Crippen LogP contribution in [0.2, 0.25) is 0 Å². The molecule has 1 atom stereocenters. The molecule has 2 N–H and O–H groups in total. The number of piperidine rings is 1. The van der Waals surface area contributed by atoms with Crippen molar-refractivity contribution in [3.63, 3.8) is 0 Å². The molecular weight excluding hydrogens is 456 g/mol. The van der Waals surface area contributed by atoms with Crippen LogP contribution in [0.1, 0.15) is 31.4 Å². The van der Waals surface area contributed by atoms with E-state index in [-0.39, 0.29) is 11.8 Å².